The highest BCUT2D eigenvalue weighted by atomic mass is 35.5. The topological polar surface area (TPSA) is 231 Å². The first-order chi connectivity index (χ1) is 42.7. The zero-order chi connectivity index (χ0) is 63.7. The zero-order valence-electron chi connectivity index (χ0n) is 53.2. The third kappa shape index (κ3) is 16.2. The summed E-state index contributed by atoms with van der Waals surface area (Å²) < 4.78 is 30.2. The van der Waals surface area contributed by atoms with Crippen LogP contribution in [0.4, 0.5) is 0 Å². The van der Waals surface area contributed by atoms with E-state index in [1.165, 1.54) is 19.1 Å². The Hall–Kier alpha value is -5.67. The molecule has 2 aromatic heterocycles. The van der Waals surface area contributed by atoms with Gasteiger partial charge in [-0.05, 0) is 131 Å². The number of piperazine rings is 1. The van der Waals surface area contributed by atoms with Crippen LogP contribution in [0.25, 0.3) is 33.3 Å². The quantitative estimate of drug-likeness (QED) is 0.0555. The number of amides is 2. The van der Waals surface area contributed by atoms with Gasteiger partial charge in [0.25, 0.3) is 11.7 Å². The molecule has 3 saturated heterocycles. The molecule has 19 heteroatoms. The molecule has 4 aromatic rings. The Morgan fingerprint density at radius 2 is 1.58 bits per heavy atom. The van der Waals surface area contributed by atoms with Gasteiger partial charge in [0.1, 0.15) is 23.6 Å². The number of hydrogen-bond acceptors (Lipinski definition) is 15. The van der Waals surface area contributed by atoms with Crippen molar-refractivity contribution in [3.05, 3.63) is 101 Å². The van der Waals surface area contributed by atoms with E-state index in [9.17, 15) is 39.3 Å². The first-order valence-electron chi connectivity index (χ1n) is 32.3. The molecule has 1 saturated carbocycles. The fraction of sp³-hybridized carbons (Fsp3) is 0.600. The highest BCUT2D eigenvalue weighted by Gasteiger charge is 2.57. The van der Waals surface area contributed by atoms with E-state index in [4.69, 9.17) is 40.3 Å². The molecule has 89 heavy (non-hydrogen) atoms. The number of ketones is 2. The van der Waals surface area contributed by atoms with Gasteiger partial charge >= 0.3 is 5.97 Å². The maximum absolute atomic E-state index is 14.9. The predicted octanol–water partition coefficient (Wildman–Crippen LogP) is 9.69. The number of pyridine rings is 1. The van der Waals surface area contributed by atoms with Crippen molar-refractivity contribution in [3.63, 3.8) is 0 Å². The van der Waals surface area contributed by atoms with Gasteiger partial charge in [-0.25, -0.2) is 9.78 Å². The van der Waals surface area contributed by atoms with Gasteiger partial charge in [-0.15, -0.1) is 0 Å². The van der Waals surface area contributed by atoms with Gasteiger partial charge in [0.05, 0.1) is 37.1 Å². The SMILES string of the molecule is CC[C@H]1C/C(C)=C/[C@@H](CCC(=O)N2CCN(Cc3ccc(-c4cnc5[nH]cc(-c6cccc(Cl)c6)c5c4)cc3)CC2)C(=O)C[C@H](O)[C@@H](C)[C@@H](/C(C)=C/[C@@H]2CC[C@@H](O)[C@H](OC)C2)COC(=O)[C@@H]2CCCCN2C(=O)C(=O)[C@]2(O)O[C@H]([C@@H](OC)C1)[C@@H](OC)C[C@H]2C. The maximum atomic E-state index is 14.9. The summed E-state index contributed by atoms with van der Waals surface area (Å²) in [7, 11) is 4.65. The Balaban J connectivity index is 0.919. The number of benzene rings is 2. The maximum Gasteiger partial charge on any atom is 0.328 e. The highest BCUT2D eigenvalue weighted by Crippen LogP contribution is 2.41. The number of aromatic nitrogens is 2. The summed E-state index contributed by atoms with van der Waals surface area (Å²) in [6.45, 7) is 12.5. The third-order valence-electron chi connectivity index (χ3n) is 20.1. The minimum absolute atomic E-state index is 0.0139. The van der Waals surface area contributed by atoms with Gasteiger partial charge in [-0.2, -0.15) is 0 Å². The number of esters is 1. The van der Waals surface area contributed by atoms with Crippen LogP contribution in [0, 0.1) is 35.5 Å². The molecule has 18 nitrogen and oxygen atoms in total. The number of cyclic esters (lactones) is 1. The number of allylic oxidation sites excluding steroid dienone is 3. The molecule has 4 N–H and O–H groups in total. The minimum atomic E-state index is -2.56. The zero-order valence-corrected chi connectivity index (χ0v) is 54.0. The molecule has 2 amide bonds. The summed E-state index contributed by atoms with van der Waals surface area (Å²) in [6.07, 6.45) is 8.57. The van der Waals surface area contributed by atoms with Crippen molar-refractivity contribution in [1.29, 1.82) is 0 Å². The van der Waals surface area contributed by atoms with Crippen LogP contribution in [0.5, 0.6) is 0 Å². The van der Waals surface area contributed by atoms with Crippen molar-refractivity contribution in [3.8, 4) is 22.3 Å². The summed E-state index contributed by atoms with van der Waals surface area (Å²) in [6, 6.07) is 17.3. The van der Waals surface area contributed by atoms with E-state index in [-0.39, 0.29) is 74.9 Å². The second-order valence-electron chi connectivity index (χ2n) is 26.0. The smallest absolute Gasteiger partial charge is 0.328 e. The van der Waals surface area contributed by atoms with Gasteiger partial charge in [0.2, 0.25) is 11.7 Å². The van der Waals surface area contributed by atoms with E-state index in [0.717, 1.165) is 56.5 Å². The number of methoxy groups -OCH3 is 3. The number of nitrogens with one attached hydrogen (secondary N) is 1. The second kappa shape index (κ2) is 30.6. The van der Waals surface area contributed by atoms with Gasteiger partial charge in [0, 0.05) is 125 Å². The number of aliphatic hydroxyl groups is 3. The third-order valence-corrected chi connectivity index (χ3v) is 20.3. The number of ether oxygens (including phenoxy) is 5. The number of aliphatic hydroxyl groups excluding tert-OH is 2. The van der Waals surface area contributed by atoms with Crippen LogP contribution in [-0.4, -0.2) is 178 Å². The summed E-state index contributed by atoms with van der Waals surface area (Å²) in [5.41, 5.74) is 7.80. The molecule has 14 atom stereocenters. The van der Waals surface area contributed by atoms with Crippen molar-refractivity contribution in [2.75, 3.05) is 60.7 Å². The van der Waals surface area contributed by atoms with Crippen LogP contribution in [0.1, 0.15) is 124 Å². The molecule has 2 aromatic carbocycles. The molecule has 4 fully saturated rings. The van der Waals surface area contributed by atoms with Crippen molar-refractivity contribution < 1.29 is 63.0 Å². The number of rotatable bonds is 13. The number of carbonyl (C=O) groups is 5. The molecule has 484 valence electrons. The van der Waals surface area contributed by atoms with Crippen molar-refractivity contribution >= 4 is 52.0 Å². The van der Waals surface area contributed by atoms with Gasteiger partial charge in [-0.1, -0.05) is 98.5 Å². The van der Waals surface area contributed by atoms with Crippen molar-refractivity contribution in [2.24, 2.45) is 35.5 Å². The fourth-order valence-corrected chi connectivity index (χ4v) is 14.6. The lowest BCUT2D eigenvalue weighted by Crippen LogP contribution is -2.64. The predicted molar refractivity (Wildman–Crippen MR) is 340 cm³/mol. The molecular weight excluding hydrogens is 1150 g/mol. The van der Waals surface area contributed by atoms with E-state index in [1.807, 2.05) is 68.4 Å². The van der Waals surface area contributed by atoms with Gasteiger partial charge in [0.15, 0.2) is 0 Å². The van der Waals surface area contributed by atoms with Crippen molar-refractivity contribution in [1.82, 2.24) is 24.7 Å². The highest BCUT2D eigenvalue weighted by molar-refractivity contribution is 6.39. The lowest BCUT2D eigenvalue weighted by molar-refractivity contribution is -0.302. The van der Waals surface area contributed by atoms with Crippen LogP contribution in [0.3, 0.4) is 0 Å². The lowest BCUT2D eigenvalue weighted by atomic mass is 9.78. The van der Waals surface area contributed by atoms with E-state index >= 15 is 0 Å². The van der Waals surface area contributed by atoms with Crippen molar-refractivity contribution in [2.45, 2.75) is 173 Å². The van der Waals surface area contributed by atoms with Gasteiger partial charge < -0.3 is 53.8 Å². The van der Waals surface area contributed by atoms with E-state index < -0.39 is 83.7 Å². The summed E-state index contributed by atoms with van der Waals surface area (Å²) in [5, 5.41) is 36.9. The van der Waals surface area contributed by atoms with E-state index in [2.05, 4.69) is 53.2 Å². The number of aromatic amines is 1. The Bertz CT molecular complexity index is 3160. The fourth-order valence-electron chi connectivity index (χ4n) is 14.4. The number of Topliss-reactive ketones (excluding diaryl/α,β-unsaturated/α-hetero) is 2. The number of carbonyl (C=O) groups excluding carboxylic acids is 5. The number of H-pyrrole nitrogens is 1. The van der Waals surface area contributed by atoms with Gasteiger partial charge in [-0.3, -0.25) is 24.1 Å². The van der Waals surface area contributed by atoms with E-state index in [0.29, 0.717) is 82.6 Å². The first kappa shape index (κ1) is 67.7. The molecule has 5 aliphatic rings. The number of halogens is 1. The number of piperidine rings is 1. The monoisotopic (exact) mass is 1250 g/mol. The largest absolute Gasteiger partial charge is 0.464 e. The number of fused-ring (bicyclic) bond motifs is 4. The Kier molecular flexibility index (Phi) is 23.3. The first-order valence-corrected chi connectivity index (χ1v) is 32.7. The lowest BCUT2D eigenvalue weighted by Gasteiger charge is -2.47. The standard InChI is InChI=1S/C70H94ClN5O13/c1-9-46-29-42(2)30-51(21-23-64(80)75-27-25-74(26-28-75)40-47-16-19-49(20-17-47)52-36-54-55(39-73-67(54)72-38-52)50-13-12-14-53(71)35-50)60(79)37-59(78)45(5)56(43(3)31-48-18-22-58(77)61(34-48)85-6)41-88-69(83)57-15-10-11-24-76(57)68(82)66(81)70(84)44(4)32-62(86-7)65(89-70)63(33-46)87-8/h12-14,16-17,19-20,30-31,35-36,38-39,44-46,48,51,56-59,61-63,65,77-78,84H,9-11,15,18,21-29,32-34,37,40-41H2,1-8H3,(H,72,73)/b42-30+,43-31+/t44-,45+,46+,48+,51-,56-,57+,58-,59+,61-,62+,63+,65+,70-/m1/s1. The summed E-state index contributed by atoms with van der Waals surface area (Å²) >= 11 is 6.34. The van der Waals surface area contributed by atoms with E-state index in [1.54, 1.807) is 14.0 Å². The number of hydrogen-bond donors (Lipinski definition) is 4. The summed E-state index contributed by atoms with van der Waals surface area (Å²) in [5.74, 6) is -8.55. The normalized spacial score (nSPS) is 31.9. The second-order valence-corrected chi connectivity index (χ2v) is 26.5. The average Bonchev–Trinajstić information content (AvgIpc) is 2.00. The molecule has 0 spiro atoms. The minimum Gasteiger partial charge on any atom is -0.464 e. The van der Waals surface area contributed by atoms with Crippen LogP contribution < -0.4 is 0 Å². The molecule has 6 heterocycles. The molecule has 0 unspecified atom stereocenters. The molecule has 9 rings (SSSR count). The van der Waals surface area contributed by atoms with Crippen LogP contribution in [0.2, 0.25) is 5.02 Å². The molecule has 2 bridgehead atoms. The number of nitrogens with zero attached hydrogens (tertiary/aromatic N) is 4. The van der Waals surface area contributed by atoms with Crippen LogP contribution >= 0.6 is 11.6 Å². The Morgan fingerprint density at radius 1 is 0.854 bits per heavy atom. The Morgan fingerprint density at radius 3 is 2.29 bits per heavy atom. The molecule has 4 aliphatic heterocycles. The molecular formula is C70H94ClN5O13. The summed E-state index contributed by atoms with van der Waals surface area (Å²) in [4.78, 5) is 85.9. The van der Waals surface area contributed by atoms with Crippen LogP contribution in [-0.2, 0) is 54.2 Å². The Labute approximate surface area is 529 Å². The molecule has 1 aliphatic carbocycles. The average molecular weight is 1250 g/mol. The van der Waals surface area contributed by atoms with Crippen LogP contribution in [0.15, 0.2) is 90.3 Å². The molecule has 0 radical (unpaired) electrons.